The van der Waals surface area contributed by atoms with Crippen LogP contribution in [0.15, 0.2) is 24.3 Å². The van der Waals surface area contributed by atoms with Gasteiger partial charge < -0.3 is 10.4 Å². The van der Waals surface area contributed by atoms with Gasteiger partial charge in [-0.2, -0.15) is 0 Å². The molecular formula is C15H23NO2. The van der Waals surface area contributed by atoms with Crippen LogP contribution in [0.5, 0.6) is 0 Å². The lowest BCUT2D eigenvalue weighted by Crippen LogP contribution is -2.44. The molecule has 1 amide bonds. The molecule has 1 rings (SSSR count). The molecule has 0 aliphatic carbocycles. The van der Waals surface area contributed by atoms with E-state index in [1.807, 2.05) is 52.0 Å². The predicted octanol–water partition coefficient (Wildman–Crippen LogP) is 2.16. The van der Waals surface area contributed by atoms with E-state index in [1.54, 1.807) is 0 Å². The van der Waals surface area contributed by atoms with Crippen LogP contribution in [0.25, 0.3) is 0 Å². The molecule has 0 saturated heterocycles. The summed E-state index contributed by atoms with van der Waals surface area (Å²) in [5.41, 5.74) is 1.63. The van der Waals surface area contributed by atoms with Crippen molar-refractivity contribution < 1.29 is 9.90 Å². The first-order valence-electron chi connectivity index (χ1n) is 6.37. The Morgan fingerprint density at radius 3 is 2.39 bits per heavy atom. The number of benzene rings is 1. The van der Waals surface area contributed by atoms with Crippen LogP contribution >= 0.6 is 0 Å². The zero-order valence-electron chi connectivity index (χ0n) is 11.7. The monoisotopic (exact) mass is 249 g/mol. The molecule has 2 N–H and O–H groups in total. The topological polar surface area (TPSA) is 49.3 Å². The van der Waals surface area contributed by atoms with Crippen molar-refractivity contribution in [3.8, 4) is 0 Å². The fraction of sp³-hybridized carbons (Fsp3) is 0.533. The van der Waals surface area contributed by atoms with Gasteiger partial charge in [0.2, 0.25) is 5.91 Å². The van der Waals surface area contributed by atoms with Crippen molar-refractivity contribution in [2.75, 3.05) is 6.61 Å². The number of rotatable bonds is 5. The molecule has 3 nitrogen and oxygen atoms in total. The highest BCUT2D eigenvalue weighted by molar-refractivity contribution is 5.87. The molecule has 18 heavy (non-hydrogen) atoms. The van der Waals surface area contributed by atoms with Gasteiger partial charge in [0.25, 0.3) is 0 Å². The van der Waals surface area contributed by atoms with Gasteiger partial charge in [0.05, 0.1) is 5.41 Å². The molecule has 3 heteroatoms. The molecule has 0 spiro atoms. The smallest absolute Gasteiger partial charge is 0.230 e. The summed E-state index contributed by atoms with van der Waals surface area (Å²) in [4.78, 5) is 12.2. The highest BCUT2D eigenvalue weighted by Gasteiger charge is 2.30. The van der Waals surface area contributed by atoms with Gasteiger partial charge >= 0.3 is 0 Å². The lowest BCUT2D eigenvalue weighted by atomic mass is 9.83. The third kappa shape index (κ3) is 3.57. The van der Waals surface area contributed by atoms with Crippen LogP contribution < -0.4 is 5.32 Å². The van der Waals surface area contributed by atoms with Crippen LogP contribution in [-0.4, -0.2) is 23.7 Å². The van der Waals surface area contributed by atoms with Gasteiger partial charge in [0.15, 0.2) is 0 Å². The highest BCUT2D eigenvalue weighted by Crippen LogP contribution is 2.23. The molecule has 0 radical (unpaired) electrons. The zero-order chi connectivity index (χ0) is 13.8. The summed E-state index contributed by atoms with van der Waals surface area (Å²) >= 11 is 0. The van der Waals surface area contributed by atoms with Crippen molar-refractivity contribution in [2.45, 2.75) is 45.6 Å². The van der Waals surface area contributed by atoms with E-state index >= 15 is 0 Å². The van der Waals surface area contributed by atoms with Crippen molar-refractivity contribution >= 4 is 5.91 Å². The van der Waals surface area contributed by atoms with Crippen LogP contribution in [0.4, 0.5) is 0 Å². The highest BCUT2D eigenvalue weighted by atomic mass is 16.3. The van der Waals surface area contributed by atoms with E-state index in [0.717, 1.165) is 5.56 Å². The molecule has 0 saturated carbocycles. The van der Waals surface area contributed by atoms with Gasteiger partial charge in [-0.1, -0.05) is 29.8 Å². The number of hydrogen-bond acceptors (Lipinski definition) is 2. The van der Waals surface area contributed by atoms with E-state index in [-0.39, 0.29) is 18.6 Å². The predicted molar refractivity (Wildman–Crippen MR) is 73.5 cm³/mol. The Hall–Kier alpha value is -1.35. The van der Waals surface area contributed by atoms with Gasteiger partial charge in [-0.3, -0.25) is 4.79 Å². The third-order valence-electron chi connectivity index (χ3n) is 3.28. The molecular weight excluding hydrogens is 226 g/mol. The first-order chi connectivity index (χ1) is 8.37. The standard InChI is InChI=1S/C15H23NO2/c1-11-5-7-13(8-6-11)15(3,4)14(18)16-12(2)9-10-17/h5-8,12,17H,9-10H2,1-4H3,(H,16,18). The molecule has 0 aliphatic heterocycles. The molecule has 0 fully saturated rings. The van der Waals surface area contributed by atoms with E-state index in [2.05, 4.69) is 5.32 Å². The van der Waals surface area contributed by atoms with Crippen molar-refractivity contribution in [3.05, 3.63) is 35.4 Å². The number of nitrogens with one attached hydrogen (secondary N) is 1. The Bertz CT molecular complexity index is 395. The second-order valence-corrected chi connectivity index (χ2v) is 5.38. The maximum absolute atomic E-state index is 12.2. The number of carbonyl (C=O) groups is 1. The molecule has 1 atom stereocenters. The molecule has 1 unspecified atom stereocenters. The van der Waals surface area contributed by atoms with E-state index in [4.69, 9.17) is 5.11 Å². The summed E-state index contributed by atoms with van der Waals surface area (Å²) < 4.78 is 0. The third-order valence-corrected chi connectivity index (χ3v) is 3.28. The van der Waals surface area contributed by atoms with Crippen LogP contribution in [0, 0.1) is 6.92 Å². The van der Waals surface area contributed by atoms with Gasteiger partial charge in [0, 0.05) is 12.6 Å². The number of aliphatic hydroxyl groups is 1. The van der Waals surface area contributed by atoms with E-state index in [0.29, 0.717) is 6.42 Å². The number of aliphatic hydroxyl groups excluding tert-OH is 1. The Morgan fingerprint density at radius 1 is 1.33 bits per heavy atom. The second kappa shape index (κ2) is 6.01. The van der Waals surface area contributed by atoms with Crippen LogP contribution in [0.3, 0.4) is 0 Å². The van der Waals surface area contributed by atoms with Crippen molar-refractivity contribution in [2.24, 2.45) is 0 Å². The maximum atomic E-state index is 12.2. The summed E-state index contributed by atoms with van der Waals surface area (Å²) in [6, 6.07) is 8.01. The lowest BCUT2D eigenvalue weighted by Gasteiger charge is -2.26. The lowest BCUT2D eigenvalue weighted by molar-refractivity contribution is -0.126. The summed E-state index contributed by atoms with van der Waals surface area (Å²) in [6.07, 6.45) is 0.579. The molecule has 0 bridgehead atoms. The van der Waals surface area contributed by atoms with Gasteiger partial charge in [-0.05, 0) is 39.7 Å². The van der Waals surface area contributed by atoms with Gasteiger partial charge in [-0.15, -0.1) is 0 Å². The van der Waals surface area contributed by atoms with Crippen molar-refractivity contribution in [1.82, 2.24) is 5.32 Å². The average Bonchev–Trinajstić information content (AvgIpc) is 2.29. The zero-order valence-corrected chi connectivity index (χ0v) is 11.7. The Kier molecular flexibility index (Phi) is 4.91. The van der Waals surface area contributed by atoms with Gasteiger partial charge in [-0.25, -0.2) is 0 Å². The maximum Gasteiger partial charge on any atom is 0.230 e. The number of carbonyl (C=O) groups excluding carboxylic acids is 1. The fourth-order valence-electron chi connectivity index (χ4n) is 1.77. The summed E-state index contributed by atoms with van der Waals surface area (Å²) in [5, 5.41) is 11.8. The minimum atomic E-state index is -0.558. The average molecular weight is 249 g/mol. The first-order valence-corrected chi connectivity index (χ1v) is 6.37. The van der Waals surface area contributed by atoms with Crippen LogP contribution in [0.1, 0.15) is 38.3 Å². The second-order valence-electron chi connectivity index (χ2n) is 5.38. The molecule has 0 aromatic heterocycles. The number of aryl methyl sites for hydroxylation is 1. The summed E-state index contributed by atoms with van der Waals surface area (Å²) in [7, 11) is 0. The molecule has 0 aliphatic rings. The Labute approximate surface area is 109 Å². The minimum Gasteiger partial charge on any atom is -0.396 e. The molecule has 100 valence electrons. The largest absolute Gasteiger partial charge is 0.396 e. The number of amides is 1. The number of hydrogen-bond donors (Lipinski definition) is 2. The van der Waals surface area contributed by atoms with Crippen LogP contribution in [-0.2, 0) is 10.2 Å². The quantitative estimate of drug-likeness (QED) is 0.840. The van der Waals surface area contributed by atoms with Gasteiger partial charge in [0.1, 0.15) is 0 Å². The Morgan fingerprint density at radius 2 is 1.89 bits per heavy atom. The van der Waals surface area contributed by atoms with Crippen LogP contribution in [0.2, 0.25) is 0 Å². The SMILES string of the molecule is Cc1ccc(C(C)(C)C(=O)NC(C)CCO)cc1. The van der Waals surface area contributed by atoms with E-state index in [1.165, 1.54) is 5.56 Å². The van der Waals surface area contributed by atoms with Crippen molar-refractivity contribution in [3.63, 3.8) is 0 Å². The molecule has 1 aromatic rings. The minimum absolute atomic E-state index is 0.00713. The molecule has 1 aromatic carbocycles. The normalized spacial score (nSPS) is 13.2. The summed E-state index contributed by atoms with van der Waals surface area (Å²) in [5.74, 6) is -0.00713. The Balaban J connectivity index is 2.79. The van der Waals surface area contributed by atoms with Crippen molar-refractivity contribution in [1.29, 1.82) is 0 Å². The fourth-order valence-corrected chi connectivity index (χ4v) is 1.77. The molecule has 0 heterocycles. The first kappa shape index (κ1) is 14.7. The van der Waals surface area contributed by atoms with E-state index in [9.17, 15) is 4.79 Å². The van der Waals surface area contributed by atoms with E-state index < -0.39 is 5.41 Å². The summed E-state index contributed by atoms with van der Waals surface area (Å²) in [6.45, 7) is 7.85.